The second kappa shape index (κ2) is 7.48. The second-order valence-corrected chi connectivity index (χ2v) is 8.01. The fraction of sp³-hybridized carbons (Fsp3) is 0.273. The van der Waals surface area contributed by atoms with E-state index in [2.05, 4.69) is 0 Å². The summed E-state index contributed by atoms with van der Waals surface area (Å²) in [5.41, 5.74) is 3.00. The predicted octanol–water partition coefficient (Wildman–Crippen LogP) is 4.91. The second-order valence-electron chi connectivity index (χ2n) is 7.20. The molecule has 3 aromatic rings. The highest BCUT2D eigenvalue weighted by atomic mass is 35.5. The fourth-order valence-electron chi connectivity index (χ4n) is 3.96. The normalized spacial score (nSPS) is 16.0. The molecule has 4 rings (SSSR count). The van der Waals surface area contributed by atoms with Gasteiger partial charge in [0.1, 0.15) is 5.58 Å². The third kappa shape index (κ3) is 3.23. The molecule has 0 aliphatic carbocycles. The maximum atomic E-state index is 13.5. The summed E-state index contributed by atoms with van der Waals surface area (Å²) in [4.78, 5) is 28.3. The molecule has 7 heteroatoms. The molecule has 0 saturated carbocycles. The number of nitrogens with zero attached hydrogens (tertiary/aromatic N) is 1. The van der Waals surface area contributed by atoms with Crippen LogP contribution in [0.3, 0.4) is 0 Å². The van der Waals surface area contributed by atoms with Crippen LogP contribution in [0.15, 0.2) is 39.5 Å². The van der Waals surface area contributed by atoms with Gasteiger partial charge in [0.25, 0.3) is 5.91 Å². The van der Waals surface area contributed by atoms with Crippen LogP contribution in [0.4, 0.5) is 0 Å². The highest BCUT2D eigenvalue weighted by Crippen LogP contribution is 2.40. The number of methoxy groups -OCH3 is 1. The fourth-order valence-corrected chi connectivity index (χ4v) is 4.27. The third-order valence-corrected chi connectivity index (χ3v) is 5.95. The maximum absolute atomic E-state index is 13.5. The van der Waals surface area contributed by atoms with E-state index in [0.717, 1.165) is 11.1 Å². The van der Waals surface area contributed by atoms with E-state index in [0.29, 0.717) is 45.3 Å². The van der Waals surface area contributed by atoms with Crippen molar-refractivity contribution in [3.05, 3.63) is 78.6 Å². The number of hydrogen-bond acceptors (Lipinski definition) is 4. The first kappa shape index (κ1) is 20.0. The van der Waals surface area contributed by atoms with Gasteiger partial charge in [-0.15, -0.1) is 0 Å². The number of hydrogen-bond donors (Lipinski definition) is 0. The summed E-state index contributed by atoms with van der Waals surface area (Å²) in [6, 6.07) is 8.20. The van der Waals surface area contributed by atoms with Crippen LogP contribution in [0.5, 0.6) is 0 Å². The van der Waals surface area contributed by atoms with Crippen molar-refractivity contribution in [2.24, 2.45) is 0 Å². The van der Waals surface area contributed by atoms with Crippen LogP contribution in [0, 0.1) is 13.8 Å². The zero-order valence-corrected chi connectivity index (χ0v) is 17.7. The Morgan fingerprint density at radius 3 is 2.55 bits per heavy atom. The minimum absolute atomic E-state index is 0.0691. The number of carbonyl (C=O) groups excluding carboxylic acids is 1. The van der Waals surface area contributed by atoms with Crippen molar-refractivity contribution in [3.63, 3.8) is 0 Å². The Labute approximate surface area is 177 Å². The molecule has 1 aromatic heterocycles. The highest BCUT2D eigenvalue weighted by molar-refractivity contribution is 6.42. The highest BCUT2D eigenvalue weighted by Gasteiger charge is 2.42. The van der Waals surface area contributed by atoms with Crippen LogP contribution in [0.25, 0.3) is 11.0 Å². The first-order chi connectivity index (χ1) is 13.8. The number of carbonyl (C=O) groups is 1. The SMILES string of the molecule is COCCN1C(=O)c2oc3cc(C)cc(C)c3c(=O)c2C1c1ccc(Cl)c(Cl)c1. The van der Waals surface area contributed by atoms with Crippen LogP contribution in [0.1, 0.15) is 38.9 Å². The molecule has 0 N–H and O–H groups in total. The van der Waals surface area contributed by atoms with Crippen LogP contribution < -0.4 is 5.43 Å². The molecule has 0 bridgehead atoms. The Morgan fingerprint density at radius 2 is 1.86 bits per heavy atom. The molecular formula is C22H19Cl2NO4. The summed E-state index contributed by atoms with van der Waals surface area (Å²) in [6.45, 7) is 4.42. The van der Waals surface area contributed by atoms with E-state index in [1.54, 1.807) is 36.3 Å². The summed E-state index contributed by atoms with van der Waals surface area (Å²) >= 11 is 12.3. The van der Waals surface area contributed by atoms with Gasteiger partial charge < -0.3 is 14.1 Å². The number of halogens is 2. The quantitative estimate of drug-likeness (QED) is 0.588. The van der Waals surface area contributed by atoms with Gasteiger partial charge in [-0.2, -0.15) is 0 Å². The van der Waals surface area contributed by atoms with Crippen molar-refractivity contribution in [2.75, 3.05) is 20.3 Å². The monoisotopic (exact) mass is 431 g/mol. The van der Waals surface area contributed by atoms with E-state index in [4.69, 9.17) is 32.4 Å². The topological polar surface area (TPSA) is 59.8 Å². The van der Waals surface area contributed by atoms with Crippen molar-refractivity contribution < 1.29 is 13.9 Å². The molecule has 0 fully saturated rings. The van der Waals surface area contributed by atoms with Crippen LogP contribution in [0.2, 0.25) is 10.0 Å². The van der Waals surface area contributed by atoms with Gasteiger partial charge in [-0.1, -0.05) is 35.3 Å². The average molecular weight is 432 g/mol. The van der Waals surface area contributed by atoms with E-state index < -0.39 is 6.04 Å². The zero-order chi connectivity index (χ0) is 20.9. The van der Waals surface area contributed by atoms with Crippen LogP contribution in [-0.2, 0) is 4.74 Å². The van der Waals surface area contributed by atoms with E-state index in [1.807, 2.05) is 19.9 Å². The molecule has 1 unspecified atom stereocenters. The Morgan fingerprint density at radius 1 is 1.10 bits per heavy atom. The summed E-state index contributed by atoms with van der Waals surface area (Å²) in [6.07, 6.45) is 0. The van der Waals surface area contributed by atoms with Gasteiger partial charge in [0, 0.05) is 13.7 Å². The van der Waals surface area contributed by atoms with Crippen molar-refractivity contribution in [1.82, 2.24) is 4.90 Å². The molecule has 1 aliphatic rings. The number of aryl methyl sites for hydroxylation is 2. The number of rotatable bonds is 4. The lowest BCUT2D eigenvalue weighted by molar-refractivity contribution is 0.0663. The number of amides is 1. The summed E-state index contributed by atoms with van der Waals surface area (Å²) in [5.74, 6) is -0.272. The van der Waals surface area contributed by atoms with Gasteiger partial charge in [0.2, 0.25) is 5.76 Å². The van der Waals surface area contributed by atoms with Crippen LogP contribution in [-0.4, -0.2) is 31.1 Å². The summed E-state index contributed by atoms with van der Waals surface area (Å²) in [5, 5.41) is 1.25. The number of benzene rings is 2. The molecule has 0 radical (unpaired) electrons. The Kier molecular flexibility index (Phi) is 5.15. The van der Waals surface area contributed by atoms with Gasteiger partial charge in [0.15, 0.2) is 5.43 Å². The first-order valence-electron chi connectivity index (χ1n) is 9.16. The lowest BCUT2D eigenvalue weighted by Crippen LogP contribution is -2.32. The molecule has 1 aliphatic heterocycles. The first-order valence-corrected chi connectivity index (χ1v) is 9.92. The van der Waals surface area contributed by atoms with Crippen molar-refractivity contribution in [2.45, 2.75) is 19.9 Å². The lowest BCUT2D eigenvalue weighted by Gasteiger charge is -2.25. The van der Waals surface area contributed by atoms with Gasteiger partial charge >= 0.3 is 0 Å². The van der Waals surface area contributed by atoms with Gasteiger partial charge in [0.05, 0.1) is 33.6 Å². The predicted molar refractivity (Wildman–Crippen MR) is 113 cm³/mol. The molecule has 0 saturated heterocycles. The van der Waals surface area contributed by atoms with Gasteiger partial charge in [-0.25, -0.2) is 0 Å². The smallest absolute Gasteiger partial charge is 0.290 e. The Hall–Kier alpha value is -2.34. The average Bonchev–Trinajstić information content (AvgIpc) is 2.94. The summed E-state index contributed by atoms with van der Waals surface area (Å²) < 4.78 is 11.2. The number of fused-ring (bicyclic) bond motifs is 2. The lowest BCUT2D eigenvalue weighted by atomic mass is 9.97. The van der Waals surface area contributed by atoms with Crippen molar-refractivity contribution >= 4 is 40.1 Å². The molecule has 1 atom stereocenters. The molecule has 5 nitrogen and oxygen atoms in total. The largest absolute Gasteiger partial charge is 0.450 e. The molecule has 29 heavy (non-hydrogen) atoms. The van der Waals surface area contributed by atoms with Crippen LogP contribution >= 0.6 is 23.2 Å². The van der Waals surface area contributed by atoms with E-state index >= 15 is 0 Å². The van der Waals surface area contributed by atoms with Gasteiger partial charge in [-0.05, 0) is 48.7 Å². The molecule has 150 valence electrons. The Bertz CT molecular complexity index is 1200. The zero-order valence-electron chi connectivity index (χ0n) is 16.2. The molecule has 0 spiro atoms. The molecule has 2 aromatic carbocycles. The van der Waals surface area contributed by atoms with E-state index in [9.17, 15) is 9.59 Å². The molecule has 1 amide bonds. The third-order valence-electron chi connectivity index (χ3n) is 5.21. The van der Waals surface area contributed by atoms with Crippen molar-refractivity contribution in [3.8, 4) is 0 Å². The summed E-state index contributed by atoms with van der Waals surface area (Å²) in [7, 11) is 1.56. The minimum atomic E-state index is -0.622. The van der Waals surface area contributed by atoms with E-state index in [1.165, 1.54) is 0 Å². The molecular weight excluding hydrogens is 413 g/mol. The standard InChI is InChI=1S/C22H19Cl2NO4/c1-11-8-12(2)17-16(9-11)29-21-18(20(17)26)19(25(22(21)27)6-7-28-3)13-4-5-14(23)15(24)10-13/h4-5,8-10,19H,6-7H2,1-3H3. The minimum Gasteiger partial charge on any atom is -0.450 e. The van der Waals surface area contributed by atoms with Crippen molar-refractivity contribution in [1.29, 1.82) is 0 Å². The maximum Gasteiger partial charge on any atom is 0.290 e. The Balaban J connectivity index is 2.01. The van der Waals surface area contributed by atoms with E-state index in [-0.39, 0.29) is 17.1 Å². The van der Waals surface area contributed by atoms with Gasteiger partial charge in [-0.3, -0.25) is 9.59 Å². The number of ether oxygens (including phenoxy) is 1. The molecule has 2 heterocycles.